The zero-order valence-electron chi connectivity index (χ0n) is 19.4. The molecule has 3 rings (SSSR count). The standard InChI is InChI=1S/C24H35N5O2/c1-18-10-13-26-29(18)21-8-6-20(7-9-21)23(31)28-14-11-19(12-15-28)22(30)25-16-24(2,3)17-27(4)5/h6-10,13,19H,11-12,14-17H2,1-5H3,(H,25,30). The third kappa shape index (κ3) is 5.94. The summed E-state index contributed by atoms with van der Waals surface area (Å²) in [6.07, 6.45) is 3.17. The first kappa shape index (κ1) is 23.0. The first-order valence-electron chi connectivity index (χ1n) is 11.0. The first-order chi connectivity index (χ1) is 14.7. The number of benzene rings is 1. The molecule has 0 spiro atoms. The summed E-state index contributed by atoms with van der Waals surface area (Å²) < 4.78 is 1.85. The van der Waals surface area contributed by atoms with Gasteiger partial charge in [0, 0.05) is 49.6 Å². The smallest absolute Gasteiger partial charge is 0.253 e. The van der Waals surface area contributed by atoms with E-state index in [-0.39, 0.29) is 23.1 Å². The maximum absolute atomic E-state index is 12.9. The van der Waals surface area contributed by atoms with E-state index in [1.54, 1.807) is 6.20 Å². The molecule has 31 heavy (non-hydrogen) atoms. The van der Waals surface area contributed by atoms with Crippen LogP contribution in [0.3, 0.4) is 0 Å². The molecule has 7 nitrogen and oxygen atoms in total. The molecule has 1 aliphatic heterocycles. The lowest BCUT2D eigenvalue weighted by Gasteiger charge is -2.33. The highest BCUT2D eigenvalue weighted by atomic mass is 16.2. The molecule has 1 saturated heterocycles. The lowest BCUT2D eigenvalue weighted by atomic mass is 9.91. The van der Waals surface area contributed by atoms with Crippen LogP contribution in [-0.4, -0.2) is 71.7 Å². The van der Waals surface area contributed by atoms with Gasteiger partial charge in [0.2, 0.25) is 5.91 Å². The van der Waals surface area contributed by atoms with E-state index in [1.165, 1.54) is 0 Å². The number of carbonyl (C=O) groups excluding carboxylic acids is 2. The van der Waals surface area contributed by atoms with Gasteiger partial charge >= 0.3 is 0 Å². The van der Waals surface area contributed by atoms with Gasteiger partial charge in [-0.05, 0) is 69.6 Å². The SMILES string of the molecule is Cc1ccnn1-c1ccc(C(=O)N2CCC(C(=O)NCC(C)(C)CN(C)C)CC2)cc1. The van der Waals surface area contributed by atoms with E-state index in [2.05, 4.69) is 29.2 Å². The fraction of sp³-hybridized carbons (Fsp3) is 0.542. The Kier molecular flexibility index (Phi) is 7.15. The molecule has 0 atom stereocenters. The quantitative estimate of drug-likeness (QED) is 0.741. The van der Waals surface area contributed by atoms with Crippen molar-refractivity contribution in [2.45, 2.75) is 33.6 Å². The molecule has 1 aromatic heterocycles. The van der Waals surface area contributed by atoms with Gasteiger partial charge in [-0.3, -0.25) is 9.59 Å². The number of aromatic nitrogens is 2. The molecular weight excluding hydrogens is 390 g/mol. The van der Waals surface area contributed by atoms with E-state index in [0.717, 1.165) is 17.9 Å². The summed E-state index contributed by atoms with van der Waals surface area (Å²) in [5.74, 6) is 0.108. The van der Waals surface area contributed by atoms with Crippen molar-refractivity contribution >= 4 is 11.8 Å². The summed E-state index contributed by atoms with van der Waals surface area (Å²) in [5.41, 5.74) is 2.68. The minimum absolute atomic E-state index is 0.0229. The number of hydrogen-bond donors (Lipinski definition) is 1. The van der Waals surface area contributed by atoms with Gasteiger partial charge in [0.25, 0.3) is 5.91 Å². The summed E-state index contributed by atoms with van der Waals surface area (Å²) in [6.45, 7) is 9.11. The summed E-state index contributed by atoms with van der Waals surface area (Å²) in [5, 5.41) is 7.42. The van der Waals surface area contributed by atoms with E-state index in [4.69, 9.17) is 0 Å². The molecule has 0 aliphatic carbocycles. The highest BCUT2D eigenvalue weighted by Crippen LogP contribution is 2.21. The number of carbonyl (C=O) groups is 2. The highest BCUT2D eigenvalue weighted by Gasteiger charge is 2.29. The molecule has 2 aromatic rings. The molecule has 0 bridgehead atoms. The second-order valence-corrected chi connectivity index (χ2v) is 9.62. The van der Waals surface area contributed by atoms with Crippen molar-refractivity contribution in [3.63, 3.8) is 0 Å². The van der Waals surface area contributed by atoms with Crippen LogP contribution >= 0.6 is 0 Å². The van der Waals surface area contributed by atoms with Crippen molar-refractivity contribution in [3.05, 3.63) is 47.8 Å². The molecule has 1 N–H and O–H groups in total. The van der Waals surface area contributed by atoms with E-state index in [1.807, 2.05) is 60.9 Å². The normalized spacial score (nSPS) is 15.4. The van der Waals surface area contributed by atoms with Crippen LogP contribution < -0.4 is 5.32 Å². The third-order valence-corrected chi connectivity index (χ3v) is 5.83. The van der Waals surface area contributed by atoms with E-state index < -0.39 is 0 Å². The van der Waals surface area contributed by atoms with Crippen molar-refractivity contribution in [1.82, 2.24) is 24.9 Å². The summed E-state index contributed by atoms with van der Waals surface area (Å²) in [7, 11) is 4.09. The average molecular weight is 426 g/mol. The van der Waals surface area contributed by atoms with Gasteiger partial charge in [-0.1, -0.05) is 13.8 Å². The molecule has 168 valence electrons. The lowest BCUT2D eigenvalue weighted by molar-refractivity contribution is -0.126. The molecule has 2 heterocycles. The number of hydrogen-bond acceptors (Lipinski definition) is 4. The Morgan fingerprint density at radius 2 is 1.77 bits per heavy atom. The monoisotopic (exact) mass is 425 g/mol. The van der Waals surface area contributed by atoms with Crippen LogP contribution in [0, 0.1) is 18.3 Å². The Balaban J connectivity index is 1.50. The summed E-state index contributed by atoms with van der Waals surface area (Å²) in [6, 6.07) is 9.49. The second-order valence-electron chi connectivity index (χ2n) is 9.62. The molecule has 1 aliphatic rings. The van der Waals surface area contributed by atoms with Crippen LogP contribution in [0.15, 0.2) is 36.5 Å². The molecule has 1 fully saturated rings. The van der Waals surface area contributed by atoms with Gasteiger partial charge in [0.05, 0.1) is 5.69 Å². The lowest BCUT2D eigenvalue weighted by Crippen LogP contribution is -2.46. The van der Waals surface area contributed by atoms with Crippen LogP contribution in [0.2, 0.25) is 0 Å². The van der Waals surface area contributed by atoms with Gasteiger partial charge in [0.1, 0.15) is 0 Å². The van der Waals surface area contributed by atoms with E-state index in [0.29, 0.717) is 38.0 Å². The Morgan fingerprint density at radius 1 is 1.13 bits per heavy atom. The number of amides is 2. The van der Waals surface area contributed by atoms with Crippen LogP contribution in [0.1, 0.15) is 42.7 Å². The maximum atomic E-state index is 12.9. The van der Waals surface area contributed by atoms with Crippen molar-refractivity contribution in [1.29, 1.82) is 0 Å². The Morgan fingerprint density at radius 3 is 2.32 bits per heavy atom. The van der Waals surface area contributed by atoms with Crippen molar-refractivity contribution in [3.8, 4) is 5.69 Å². The van der Waals surface area contributed by atoms with Gasteiger partial charge in [-0.2, -0.15) is 5.10 Å². The van der Waals surface area contributed by atoms with Crippen LogP contribution in [0.5, 0.6) is 0 Å². The highest BCUT2D eigenvalue weighted by molar-refractivity contribution is 5.94. The predicted molar refractivity (Wildman–Crippen MR) is 122 cm³/mol. The van der Waals surface area contributed by atoms with Gasteiger partial charge in [-0.25, -0.2) is 4.68 Å². The predicted octanol–water partition coefficient (Wildman–Crippen LogP) is 2.74. The first-order valence-corrected chi connectivity index (χ1v) is 11.0. The number of nitrogens with one attached hydrogen (secondary N) is 1. The fourth-order valence-electron chi connectivity index (χ4n) is 4.30. The molecular formula is C24H35N5O2. The van der Waals surface area contributed by atoms with Crippen LogP contribution in [0.25, 0.3) is 5.69 Å². The second kappa shape index (κ2) is 9.64. The van der Waals surface area contributed by atoms with Crippen LogP contribution in [0.4, 0.5) is 0 Å². The third-order valence-electron chi connectivity index (χ3n) is 5.83. The number of likely N-dealkylation sites (tertiary alicyclic amines) is 1. The van der Waals surface area contributed by atoms with Crippen molar-refractivity contribution < 1.29 is 9.59 Å². The maximum Gasteiger partial charge on any atom is 0.253 e. The van der Waals surface area contributed by atoms with Crippen molar-refractivity contribution in [2.24, 2.45) is 11.3 Å². The van der Waals surface area contributed by atoms with Crippen LogP contribution in [-0.2, 0) is 4.79 Å². The van der Waals surface area contributed by atoms with Gasteiger partial charge < -0.3 is 15.1 Å². The fourth-order valence-corrected chi connectivity index (χ4v) is 4.30. The molecule has 1 aromatic carbocycles. The number of nitrogens with zero attached hydrogens (tertiary/aromatic N) is 4. The molecule has 0 saturated carbocycles. The number of aryl methyl sites for hydroxylation is 1. The zero-order chi connectivity index (χ0) is 22.6. The topological polar surface area (TPSA) is 70.5 Å². The molecule has 0 unspecified atom stereocenters. The molecule has 0 radical (unpaired) electrons. The summed E-state index contributed by atoms with van der Waals surface area (Å²) in [4.78, 5) is 29.5. The Bertz CT molecular complexity index is 893. The van der Waals surface area contributed by atoms with E-state index in [9.17, 15) is 9.59 Å². The minimum atomic E-state index is -0.0237. The molecule has 7 heteroatoms. The minimum Gasteiger partial charge on any atom is -0.355 e. The Labute approximate surface area is 185 Å². The summed E-state index contributed by atoms with van der Waals surface area (Å²) >= 11 is 0. The number of piperidine rings is 1. The van der Waals surface area contributed by atoms with Crippen molar-refractivity contribution in [2.75, 3.05) is 40.3 Å². The Hall–Kier alpha value is -2.67. The van der Waals surface area contributed by atoms with Gasteiger partial charge in [0.15, 0.2) is 0 Å². The largest absolute Gasteiger partial charge is 0.355 e. The zero-order valence-corrected chi connectivity index (χ0v) is 19.4. The average Bonchev–Trinajstić information content (AvgIpc) is 3.17. The molecule has 2 amide bonds. The van der Waals surface area contributed by atoms with Gasteiger partial charge in [-0.15, -0.1) is 0 Å². The number of rotatable bonds is 7. The van der Waals surface area contributed by atoms with E-state index >= 15 is 0 Å².